The highest BCUT2D eigenvalue weighted by atomic mass is 16.7. The van der Waals surface area contributed by atoms with Crippen LogP contribution < -0.4 is 14.8 Å². The number of hydrogen-bond acceptors (Lipinski definition) is 4. The lowest BCUT2D eigenvalue weighted by atomic mass is 10.1. The van der Waals surface area contributed by atoms with Gasteiger partial charge in [-0.1, -0.05) is 19.9 Å². The van der Waals surface area contributed by atoms with Crippen molar-refractivity contribution in [3.8, 4) is 11.5 Å². The summed E-state index contributed by atoms with van der Waals surface area (Å²) in [5.74, 6) is 1.64. The number of rotatable bonds is 8. The number of likely N-dealkylation sites (N-methyl/N-ethyl adjacent to an activating group) is 1. The predicted octanol–water partition coefficient (Wildman–Crippen LogP) is 2.19. The molecule has 5 heteroatoms. The van der Waals surface area contributed by atoms with Gasteiger partial charge >= 0.3 is 0 Å². The zero-order valence-electron chi connectivity index (χ0n) is 13.7. The van der Waals surface area contributed by atoms with Gasteiger partial charge in [0, 0.05) is 19.0 Å². The van der Waals surface area contributed by atoms with Gasteiger partial charge < -0.3 is 14.8 Å². The van der Waals surface area contributed by atoms with Crippen LogP contribution in [0.1, 0.15) is 32.8 Å². The second-order valence-corrected chi connectivity index (χ2v) is 5.56. The number of hydrogen-bond donors (Lipinski definition) is 1. The van der Waals surface area contributed by atoms with Gasteiger partial charge in [-0.15, -0.1) is 0 Å². The van der Waals surface area contributed by atoms with Crippen LogP contribution in [0.25, 0.3) is 0 Å². The standard InChI is InChI=1S/C17H26N2O3/c1-4-19(5-2)13(3)11-18-17(20)9-7-14-6-8-15-16(10-14)22-12-21-15/h6,8,10,13H,4-5,7,9,11-12H2,1-3H3,(H,18,20). The van der Waals surface area contributed by atoms with E-state index in [1.165, 1.54) is 0 Å². The van der Waals surface area contributed by atoms with E-state index in [4.69, 9.17) is 9.47 Å². The van der Waals surface area contributed by atoms with Crippen LogP contribution in [-0.4, -0.2) is 43.3 Å². The minimum absolute atomic E-state index is 0.0941. The Kier molecular flexibility index (Phi) is 6.07. The Balaban J connectivity index is 1.74. The van der Waals surface area contributed by atoms with Crippen LogP contribution in [0.4, 0.5) is 0 Å². The molecular weight excluding hydrogens is 280 g/mol. The van der Waals surface area contributed by atoms with Gasteiger partial charge in [-0.3, -0.25) is 9.69 Å². The fourth-order valence-electron chi connectivity index (χ4n) is 2.68. The molecule has 1 N–H and O–H groups in total. The van der Waals surface area contributed by atoms with Gasteiger partial charge in [-0.2, -0.15) is 0 Å². The lowest BCUT2D eigenvalue weighted by Gasteiger charge is -2.26. The average molecular weight is 306 g/mol. The lowest BCUT2D eigenvalue weighted by molar-refractivity contribution is -0.121. The summed E-state index contributed by atoms with van der Waals surface area (Å²) >= 11 is 0. The Bertz CT molecular complexity index is 501. The van der Waals surface area contributed by atoms with E-state index >= 15 is 0 Å². The Hall–Kier alpha value is -1.75. The summed E-state index contributed by atoms with van der Waals surface area (Å²) < 4.78 is 10.6. The highest BCUT2D eigenvalue weighted by Gasteiger charge is 2.14. The van der Waals surface area contributed by atoms with E-state index in [-0.39, 0.29) is 12.7 Å². The predicted molar refractivity (Wildman–Crippen MR) is 86.3 cm³/mol. The smallest absolute Gasteiger partial charge is 0.231 e. The zero-order chi connectivity index (χ0) is 15.9. The van der Waals surface area contributed by atoms with Crippen molar-refractivity contribution < 1.29 is 14.3 Å². The number of nitrogens with zero attached hydrogens (tertiary/aromatic N) is 1. The molecule has 0 saturated carbocycles. The van der Waals surface area contributed by atoms with Crippen molar-refractivity contribution in [3.63, 3.8) is 0 Å². The van der Waals surface area contributed by atoms with E-state index in [1.54, 1.807) is 0 Å². The van der Waals surface area contributed by atoms with Crippen molar-refractivity contribution in [3.05, 3.63) is 23.8 Å². The van der Waals surface area contributed by atoms with Crippen molar-refractivity contribution in [1.29, 1.82) is 0 Å². The third-order valence-corrected chi connectivity index (χ3v) is 4.11. The Morgan fingerprint density at radius 2 is 2.00 bits per heavy atom. The number of aryl methyl sites for hydroxylation is 1. The highest BCUT2D eigenvalue weighted by molar-refractivity contribution is 5.76. The molecule has 0 bridgehead atoms. The number of fused-ring (bicyclic) bond motifs is 1. The third-order valence-electron chi connectivity index (χ3n) is 4.11. The van der Waals surface area contributed by atoms with Gasteiger partial charge in [-0.25, -0.2) is 0 Å². The molecule has 0 radical (unpaired) electrons. The fraction of sp³-hybridized carbons (Fsp3) is 0.588. The summed E-state index contributed by atoms with van der Waals surface area (Å²) in [5.41, 5.74) is 1.09. The maximum Gasteiger partial charge on any atom is 0.231 e. The van der Waals surface area contributed by atoms with E-state index in [9.17, 15) is 4.79 Å². The van der Waals surface area contributed by atoms with E-state index < -0.39 is 0 Å². The molecule has 0 fully saturated rings. The number of benzene rings is 1. The van der Waals surface area contributed by atoms with Crippen molar-refractivity contribution in [2.75, 3.05) is 26.4 Å². The molecule has 22 heavy (non-hydrogen) atoms. The molecule has 122 valence electrons. The van der Waals surface area contributed by atoms with Crippen LogP contribution in [0.3, 0.4) is 0 Å². The van der Waals surface area contributed by atoms with Crippen molar-refractivity contribution in [2.24, 2.45) is 0 Å². The van der Waals surface area contributed by atoms with Crippen LogP contribution in [0, 0.1) is 0 Å². The molecule has 0 saturated heterocycles. The first-order valence-electron chi connectivity index (χ1n) is 8.03. The van der Waals surface area contributed by atoms with Crippen LogP contribution in [0.15, 0.2) is 18.2 Å². The summed E-state index contributed by atoms with van der Waals surface area (Å²) in [4.78, 5) is 14.3. The Morgan fingerprint density at radius 1 is 1.27 bits per heavy atom. The van der Waals surface area contributed by atoms with Crippen LogP contribution >= 0.6 is 0 Å². The summed E-state index contributed by atoms with van der Waals surface area (Å²) in [7, 11) is 0. The second kappa shape index (κ2) is 8.03. The van der Waals surface area contributed by atoms with Gasteiger partial charge in [0.15, 0.2) is 11.5 Å². The first-order valence-corrected chi connectivity index (χ1v) is 8.03. The van der Waals surface area contributed by atoms with E-state index in [0.29, 0.717) is 25.4 Å². The van der Waals surface area contributed by atoms with Crippen LogP contribution in [0.5, 0.6) is 11.5 Å². The van der Waals surface area contributed by atoms with Crippen molar-refractivity contribution in [2.45, 2.75) is 39.7 Å². The maximum absolute atomic E-state index is 12.0. The molecule has 1 heterocycles. The van der Waals surface area contributed by atoms with E-state index in [2.05, 4.69) is 31.0 Å². The molecule has 1 aliphatic heterocycles. The molecule has 1 atom stereocenters. The van der Waals surface area contributed by atoms with Gasteiger partial charge in [-0.05, 0) is 44.1 Å². The first kappa shape index (κ1) is 16.6. The maximum atomic E-state index is 12.0. The van der Waals surface area contributed by atoms with Crippen molar-refractivity contribution in [1.82, 2.24) is 10.2 Å². The molecule has 1 aliphatic rings. The third kappa shape index (κ3) is 4.37. The topological polar surface area (TPSA) is 50.8 Å². The molecule has 1 aromatic rings. The summed E-state index contributed by atoms with van der Waals surface area (Å²) in [6.45, 7) is 9.41. The molecule has 0 aliphatic carbocycles. The molecule has 0 aromatic heterocycles. The Morgan fingerprint density at radius 3 is 2.73 bits per heavy atom. The SMILES string of the molecule is CCN(CC)C(C)CNC(=O)CCc1ccc2c(c1)OCO2. The summed E-state index contributed by atoms with van der Waals surface area (Å²) in [5, 5.41) is 3.02. The number of carbonyl (C=O) groups excluding carboxylic acids is 1. The van der Waals surface area contributed by atoms with Crippen molar-refractivity contribution >= 4 is 5.91 Å². The highest BCUT2D eigenvalue weighted by Crippen LogP contribution is 2.32. The second-order valence-electron chi connectivity index (χ2n) is 5.56. The van der Waals surface area contributed by atoms with Crippen LogP contribution in [0.2, 0.25) is 0 Å². The van der Waals surface area contributed by atoms with Gasteiger partial charge in [0.1, 0.15) is 0 Å². The first-order chi connectivity index (χ1) is 10.6. The molecular formula is C17H26N2O3. The molecule has 5 nitrogen and oxygen atoms in total. The quantitative estimate of drug-likeness (QED) is 0.800. The monoisotopic (exact) mass is 306 g/mol. The molecule has 0 spiro atoms. The number of nitrogens with one attached hydrogen (secondary N) is 1. The minimum Gasteiger partial charge on any atom is -0.454 e. The van der Waals surface area contributed by atoms with Gasteiger partial charge in [0.2, 0.25) is 12.7 Å². The van der Waals surface area contributed by atoms with Gasteiger partial charge in [0.05, 0.1) is 0 Å². The zero-order valence-corrected chi connectivity index (χ0v) is 13.7. The molecule has 1 unspecified atom stereocenters. The molecule has 2 rings (SSSR count). The largest absolute Gasteiger partial charge is 0.454 e. The van der Waals surface area contributed by atoms with E-state index in [1.807, 2.05) is 18.2 Å². The molecule has 1 aromatic carbocycles. The van der Waals surface area contributed by atoms with Gasteiger partial charge in [0.25, 0.3) is 0 Å². The van der Waals surface area contributed by atoms with E-state index in [0.717, 1.165) is 30.2 Å². The Labute approximate surface area is 132 Å². The number of amides is 1. The van der Waals surface area contributed by atoms with Crippen LogP contribution in [-0.2, 0) is 11.2 Å². The number of ether oxygens (including phenoxy) is 2. The average Bonchev–Trinajstić information content (AvgIpc) is 2.99. The minimum atomic E-state index is 0.0941. The normalized spacial score (nSPS) is 14.2. The summed E-state index contributed by atoms with van der Waals surface area (Å²) in [6, 6.07) is 6.20. The lowest BCUT2D eigenvalue weighted by Crippen LogP contribution is -2.42. The fourth-order valence-corrected chi connectivity index (χ4v) is 2.68. The summed E-state index contributed by atoms with van der Waals surface area (Å²) in [6.07, 6.45) is 1.20. The molecule has 1 amide bonds. The number of carbonyl (C=O) groups is 1.